The van der Waals surface area contributed by atoms with Gasteiger partial charge in [0.2, 0.25) is 0 Å². The van der Waals surface area contributed by atoms with Crippen LogP contribution in [0.5, 0.6) is 0 Å². The lowest BCUT2D eigenvalue weighted by atomic mass is 10.0. The van der Waals surface area contributed by atoms with Crippen LogP contribution in [0.1, 0.15) is 22.9 Å². The topological polar surface area (TPSA) is 43.8 Å². The van der Waals surface area contributed by atoms with E-state index in [0.717, 1.165) is 6.07 Å². The van der Waals surface area contributed by atoms with Crippen LogP contribution in [0.4, 0.5) is 13.2 Å². The largest absolute Gasteiger partial charge is 0.417 e. The van der Waals surface area contributed by atoms with Gasteiger partial charge in [0.05, 0.1) is 28.0 Å². The van der Waals surface area contributed by atoms with E-state index in [2.05, 4.69) is 37.0 Å². The zero-order valence-corrected chi connectivity index (χ0v) is 13.4. The molecule has 1 aromatic heterocycles. The van der Waals surface area contributed by atoms with Gasteiger partial charge in [0.25, 0.3) is 0 Å². The summed E-state index contributed by atoms with van der Waals surface area (Å²) in [6, 6.07) is 3.26. The maximum Gasteiger partial charge on any atom is 0.417 e. The molecule has 0 spiro atoms. The van der Waals surface area contributed by atoms with E-state index >= 15 is 0 Å². The van der Waals surface area contributed by atoms with Gasteiger partial charge in [-0.25, -0.2) is 0 Å². The Balaban J connectivity index is 2.49. The van der Waals surface area contributed by atoms with E-state index in [0.29, 0.717) is 15.7 Å². The maximum atomic E-state index is 12.9. The minimum atomic E-state index is -4.43. The van der Waals surface area contributed by atoms with Gasteiger partial charge in [-0.05, 0) is 33.6 Å². The second kappa shape index (κ2) is 5.50. The van der Waals surface area contributed by atoms with Crippen molar-refractivity contribution >= 4 is 31.9 Å². The normalized spacial score (nSPS) is 13.6. The molecule has 0 aliphatic carbocycles. The fourth-order valence-corrected chi connectivity index (χ4v) is 2.95. The van der Waals surface area contributed by atoms with Crippen LogP contribution in [0.3, 0.4) is 0 Å². The average molecular weight is 413 g/mol. The van der Waals surface area contributed by atoms with Crippen molar-refractivity contribution < 1.29 is 13.2 Å². The zero-order valence-electron chi connectivity index (χ0n) is 10.2. The second-order valence-electron chi connectivity index (χ2n) is 4.22. The molecule has 0 fully saturated rings. The molecule has 0 bridgehead atoms. The molecular formula is C12H10Br2F3N3. The Morgan fingerprint density at radius 2 is 1.90 bits per heavy atom. The molecule has 1 aromatic carbocycles. The second-order valence-corrected chi connectivity index (χ2v) is 5.92. The molecule has 0 amide bonds. The van der Waals surface area contributed by atoms with Gasteiger partial charge in [-0.15, -0.1) is 0 Å². The van der Waals surface area contributed by atoms with Crippen LogP contribution >= 0.6 is 31.9 Å². The number of aryl methyl sites for hydroxylation is 1. The number of benzene rings is 1. The third-order valence-corrected chi connectivity index (χ3v) is 4.19. The van der Waals surface area contributed by atoms with Crippen LogP contribution in [0.15, 0.2) is 33.3 Å². The monoisotopic (exact) mass is 411 g/mol. The minimum Gasteiger partial charge on any atom is -0.319 e. The molecule has 2 aromatic rings. The highest BCUT2D eigenvalue weighted by molar-refractivity contribution is 9.10. The first-order valence-electron chi connectivity index (χ1n) is 5.51. The molecule has 0 aliphatic heterocycles. The lowest BCUT2D eigenvalue weighted by molar-refractivity contribution is -0.138. The predicted octanol–water partition coefficient (Wildman–Crippen LogP) is 4.01. The zero-order chi connectivity index (χ0) is 15.1. The van der Waals surface area contributed by atoms with E-state index in [1.807, 2.05) is 0 Å². The molecule has 108 valence electrons. The summed E-state index contributed by atoms with van der Waals surface area (Å²) in [6.07, 6.45) is -2.88. The lowest BCUT2D eigenvalue weighted by Crippen LogP contribution is -2.17. The van der Waals surface area contributed by atoms with Gasteiger partial charge in [-0.3, -0.25) is 4.68 Å². The highest BCUT2D eigenvalue weighted by Crippen LogP contribution is 2.37. The quantitative estimate of drug-likeness (QED) is 0.809. The van der Waals surface area contributed by atoms with Gasteiger partial charge in [0.15, 0.2) is 0 Å². The van der Waals surface area contributed by atoms with Crippen molar-refractivity contribution in [1.82, 2.24) is 9.78 Å². The lowest BCUT2D eigenvalue weighted by Gasteiger charge is -2.16. The molecule has 1 unspecified atom stereocenters. The molecule has 2 rings (SSSR count). The smallest absolute Gasteiger partial charge is 0.319 e. The number of hydrogen-bond donors (Lipinski definition) is 1. The summed E-state index contributed by atoms with van der Waals surface area (Å²) >= 11 is 6.20. The van der Waals surface area contributed by atoms with Gasteiger partial charge in [-0.2, -0.15) is 18.3 Å². The molecule has 3 nitrogen and oxygen atoms in total. The molecular weight excluding hydrogens is 403 g/mol. The van der Waals surface area contributed by atoms with Gasteiger partial charge in [0.1, 0.15) is 0 Å². The Morgan fingerprint density at radius 3 is 2.40 bits per heavy atom. The third-order valence-electron chi connectivity index (χ3n) is 2.89. The molecule has 1 heterocycles. The van der Waals surface area contributed by atoms with Gasteiger partial charge >= 0.3 is 6.18 Å². The molecule has 0 saturated carbocycles. The van der Waals surface area contributed by atoms with Crippen LogP contribution in [0, 0.1) is 0 Å². The summed E-state index contributed by atoms with van der Waals surface area (Å²) in [7, 11) is 1.68. The first-order valence-corrected chi connectivity index (χ1v) is 7.10. The molecule has 0 radical (unpaired) electrons. The summed E-state index contributed by atoms with van der Waals surface area (Å²) in [5, 5.41) is 4.01. The number of nitrogens with zero attached hydrogens (tertiary/aromatic N) is 2. The van der Waals surface area contributed by atoms with E-state index in [4.69, 9.17) is 5.73 Å². The standard InChI is InChI=1S/C12H10Br2F3N3/c1-20-11(9(14)5-19-20)10(18)6-2-3-8(13)7(4-6)12(15,16)17/h2-5,10H,18H2,1H3. The summed E-state index contributed by atoms with van der Waals surface area (Å²) < 4.78 is 40.9. The minimum absolute atomic E-state index is 0.00924. The van der Waals surface area contributed by atoms with Crippen molar-refractivity contribution in [2.75, 3.05) is 0 Å². The van der Waals surface area contributed by atoms with Crippen LogP contribution in [-0.2, 0) is 13.2 Å². The van der Waals surface area contributed by atoms with Gasteiger partial charge < -0.3 is 5.73 Å². The summed E-state index contributed by atoms with van der Waals surface area (Å²) in [4.78, 5) is 0. The van der Waals surface area contributed by atoms with Crippen molar-refractivity contribution in [3.8, 4) is 0 Å². The molecule has 8 heteroatoms. The highest BCUT2D eigenvalue weighted by Gasteiger charge is 2.33. The summed E-state index contributed by atoms with van der Waals surface area (Å²) in [5.41, 5.74) is 6.28. The Hall–Kier alpha value is -0.860. The van der Waals surface area contributed by atoms with E-state index in [-0.39, 0.29) is 4.47 Å². The number of rotatable bonds is 2. The fraction of sp³-hybridized carbons (Fsp3) is 0.250. The fourth-order valence-electron chi connectivity index (χ4n) is 1.88. The number of halogens is 5. The molecule has 20 heavy (non-hydrogen) atoms. The third kappa shape index (κ3) is 2.91. The van der Waals surface area contributed by atoms with Crippen molar-refractivity contribution in [3.63, 3.8) is 0 Å². The van der Waals surface area contributed by atoms with E-state index in [9.17, 15) is 13.2 Å². The van der Waals surface area contributed by atoms with Crippen molar-refractivity contribution in [1.29, 1.82) is 0 Å². The Labute approximate surface area is 130 Å². The van der Waals surface area contributed by atoms with Gasteiger partial charge in [-0.1, -0.05) is 22.0 Å². The predicted molar refractivity (Wildman–Crippen MR) is 76.1 cm³/mol. The van der Waals surface area contributed by atoms with E-state index in [1.54, 1.807) is 19.3 Å². The van der Waals surface area contributed by atoms with Crippen LogP contribution in [0.2, 0.25) is 0 Å². The number of alkyl halides is 3. The summed E-state index contributed by atoms with van der Waals surface area (Å²) in [6.45, 7) is 0. The van der Waals surface area contributed by atoms with Crippen LogP contribution < -0.4 is 5.73 Å². The number of aromatic nitrogens is 2. The van der Waals surface area contributed by atoms with Crippen molar-refractivity contribution in [2.45, 2.75) is 12.2 Å². The van der Waals surface area contributed by atoms with Crippen LogP contribution in [0.25, 0.3) is 0 Å². The maximum absolute atomic E-state index is 12.9. The highest BCUT2D eigenvalue weighted by atomic mass is 79.9. The van der Waals surface area contributed by atoms with Crippen molar-refractivity contribution in [3.05, 3.63) is 50.2 Å². The Morgan fingerprint density at radius 1 is 1.25 bits per heavy atom. The number of hydrogen-bond acceptors (Lipinski definition) is 2. The van der Waals surface area contributed by atoms with Crippen LogP contribution in [-0.4, -0.2) is 9.78 Å². The molecule has 1 atom stereocenters. The first kappa shape index (κ1) is 15.5. The summed E-state index contributed by atoms with van der Waals surface area (Å²) in [5.74, 6) is 0. The molecule has 0 saturated heterocycles. The molecule has 0 aliphatic rings. The average Bonchev–Trinajstić information content (AvgIpc) is 2.67. The Bertz CT molecular complexity index is 618. The van der Waals surface area contributed by atoms with E-state index < -0.39 is 17.8 Å². The first-order chi connectivity index (χ1) is 9.21. The van der Waals surface area contributed by atoms with Crippen molar-refractivity contribution in [2.24, 2.45) is 12.8 Å². The SMILES string of the molecule is Cn1ncc(Br)c1C(N)c1ccc(Br)c(C(F)(F)F)c1. The van der Waals surface area contributed by atoms with Gasteiger partial charge in [0, 0.05) is 11.5 Å². The number of nitrogens with two attached hydrogens (primary N) is 1. The Kier molecular flexibility index (Phi) is 4.27. The molecule has 2 N–H and O–H groups in total. The van der Waals surface area contributed by atoms with E-state index in [1.165, 1.54) is 10.7 Å².